The lowest BCUT2D eigenvalue weighted by atomic mass is 9.93. The van der Waals surface area contributed by atoms with Crippen LogP contribution in [0.5, 0.6) is 0 Å². The number of carbonyl (C=O) groups excluding carboxylic acids is 1. The normalized spacial score (nSPS) is 35.6. The van der Waals surface area contributed by atoms with Crippen molar-refractivity contribution in [2.24, 2.45) is 11.8 Å². The lowest BCUT2D eigenvalue weighted by Gasteiger charge is -2.17. The summed E-state index contributed by atoms with van der Waals surface area (Å²) >= 11 is 0. The van der Waals surface area contributed by atoms with E-state index >= 15 is 0 Å². The smallest absolute Gasteiger partial charge is 0.217 e. The standard InChI is InChI=1S/C14H17NO/c1-9(16)15-14-8-11(12-7-13(12)14)10-5-3-2-4-6-10/h2-6,11-14H,7-8H2,1H3,(H,15,16)/t11-,12+,13+,14-/m1/s1. The maximum atomic E-state index is 11.1. The monoisotopic (exact) mass is 215 g/mol. The van der Waals surface area contributed by atoms with E-state index in [-0.39, 0.29) is 5.91 Å². The molecule has 0 unspecified atom stereocenters. The van der Waals surface area contributed by atoms with E-state index in [1.807, 2.05) is 0 Å². The molecule has 2 saturated carbocycles. The molecular weight excluding hydrogens is 198 g/mol. The number of benzene rings is 1. The van der Waals surface area contributed by atoms with E-state index in [2.05, 4.69) is 35.6 Å². The molecule has 84 valence electrons. The van der Waals surface area contributed by atoms with Crippen LogP contribution in [0.25, 0.3) is 0 Å². The summed E-state index contributed by atoms with van der Waals surface area (Å²) in [7, 11) is 0. The molecule has 0 bridgehead atoms. The maximum Gasteiger partial charge on any atom is 0.217 e. The van der Waals surface area contributed by atoms with Crippen LogP contribution in [0, 0.1) is 11.8 Å². The minimum Gasteiger partial charge on any atom is -0.353 e. The first-order valence-corrected chi connectivity index (χ1v) is 6.08. The van der Waals surface area contributed by atoms with Crippen LogP contribution in [-0.2, 0) is 4.79 Å². The van der Waals surface area contributed by atoms with Gasteiger partial charge in [0.1, 0.15) is 0 Å². The fourth-order valence-electron chi connectivity index (χ4n) is 3.29. The highest BCUT2D eigenvalue weighted by Crippen LogP contribution is 2.59. The number of fused-ring (bicyclic) bond motifs is 1. The summed E-state index contributed by atoms with van der Waals surface area (Å²) in [5, 5.41) is 3.09. The van der Waals surface area contributed by atoms with Crippen LogP contribution in [-0.4, -0.2) is 11.9 Å². The molecule has 0 radical (unpaired) electrons. The summed E-state index contributed by atoms with van der Waals surface area (Å²) in [6.45, 7) is 1.62. The van der Waals surface area contributed by atoms with E-state index in [4.69, 9.17) is 0 Å². The molecule has 4 atom stereocenters. The fourth-order valence-corrected chi connectivity index (χ4v) is 3.29. The van der Waals surface area contributed by atoms with Gasteiger partial charge in [-0.1, -0.05) is 30.3 Å². The number of hydrogen-bond donors (Lipinski definition) is 1. The van der Waals surface area contributed by atoms with Gasteiger partial charge in [0.25, 0.3) is 0 Å². The van der Waals surface area contributed by atoms with Crippen molar-refractivity contribution in [3.8, 4) is 0 Å². The molecule has 1 amide bonds. The number of hydrogen-bond acceptors (Lipinski definition) is 1. The number of rotatable bonds is 2. The lowest BCUT2D eigenvalue weighted by molar-refractivity contribution is -0.119. The van der Waals surface area contributed by atoms with Gasteiger partial charge in [-0.15, -0.1) is 0 Å². The zero-order chi connectivity index (χ0) is 11.1. The van der Waals surface area contributed by atoms with Crippen molar-refractivity contribution >= 4 is 5.91 Å². The summed E-state index contributed by atoms with van der Waals surface area (Å²) in [6.07, 6.45) is 2.42. The second kappa shape index (κ2) is 3.62. The van der Waals surface area contributed by atoms with Gasteiger partial charge in [0.05, 0.1) is 0 Å². The predicted octanol–water partition coefficient (Wildman–Crippen LogP) is 2.31. The third kappa shape index (κ3) is 1.62. The summed E-state index contributed by atoms with van der Waals surface area (Å²) in [5.74, 6) is 2.35. The molecule has 0 saturated heterocycles. The zero-order valence-electron chi connectivity index (χ0n) is 9.52. The largest absolute Gasteiger partial charge is 0.353 e. The Bertz CT molecular complexity index is 400. The summed E-state index contributed by atoms with van der Waals surface area (Å²) in [6, 6.07) is 11.1. The molecule has 0 aromatic heterocycles. The Balaban J connectivity index is 1.74. The van der Waals surface area contributed by atoms with Crippen LogP contribution in [0.2, 0.25) is 0 Å². The highest BCUT2D eigenvalue weighted by atomic mass is 16.1. The van der Waals surface area contributed by atoms with Gasteiger partial charge in [-0.3, -0.25) is 4.79 Å². The Morgan fingerprint density at radius 2 is 1.94 bits per heavy atom. The molecule has 1 N–H and O–H groups in total. The van der Waals surface area contributed by atoms with Gasteiger partial charge >= 0.3 is 0 Å². The van der Waals surface area contributed by atoms with Crippen LogP contribution in [0.4, 0.5) is 0 Å². The number of nitrogens with one attached hydrogen (secondary N) is 1. The third-order valence-corrected chi connectivity index (χ3v) is 4.05. The summed E-state index contributed by atoms with van der Waals surface area (Å²) < 4.78 is 0. The summed E-state index contributed by atoms with van der Waals surface area (Å²) in [4.78, 5) is 11.1. The molecule has 16 heavy (non-hydrogen) atoms. The van der Waals surface area contributed by atoms with Crippen molar-refractivity contribution in [2.75, 3.05) is 0 Å². The average molecular weight is 215 g/mol. The highest BCUT2D eigenvalue weighted by molar-refractivity contribution is 5.73. The Morgan fingerprint density at radius 3 is 2.62 bits per heavy atom. The summed E-state index contributed by atoms with van der Waals surface area (Å²) in [5.41, 5.74) is 1.45. The minimum atomic E-state index is 0.115. The lowest BCUT2D eigenvalue weighted by Crippen LogP contribution is -2.33. The van der Waals surface area contributed by atoms with Gasteiger partial charge in [-0.05, 0) is 36.2 Å². The molecule has 1 aromatic carbocycles. The van der Waals surface area contributed by atoms with Crippen molar-refractivity contribution in [1.29, 1.82) is 0 Å². The van der Waals surface area contributed by atoms with E-state index in [0.29, 0.717) is 12.0 Å². The van der Waals surface area contributed by atoms with Gasteiger partial charge in [-0.25, -0.2) is 0 Å². The number of carbonyl (C=O) groups is 1. The van der Waals surface area contributed by atoms with Crippen molar-refractivity contribution in [3.63, 3.8) is 0 Å². The van der Waals surface area contributed by atoms with Crippen molar-refractivity contribution in [1.82, 2.24) is 5.32 Å². The molecule has 2 heteroatoms. The van der Waals surface area contributed by atoms with Crippen molar-refractivity contribution < 1.29 is 4.79 Å². The maximum absolute atomic E-state index is 11.1. The molecule has 2 fully saturated rings. The minimum absolute atomic E-state index is 0.115. The van der Waals surface area contributed by atoms with E-state index < -0.39 is 0 Å². The van der Waals surface area contributed by atoms with Gasteiger partial charge in [-0.2, -0.15) is 0 Å². The average Bonchev–Trinajstić information content (AvgIpc) is 2.99. The topological polar surface area (TPSA) is 29.1 Å². The molecule has 2 nitrogen and oxygen atoms in total. The van der Waals surface area contributed by atoms with Crippen molar-refractivity contribution in [3.05, 3.63) is 35.9 Å². The molecule has 0 heterocycles. The van der Waals surface area contributed by atoms with E-state index in [1.165, 1.54) is 12.0 Å². The Hall–Kier alpha value is -1.31. The van der Waals surface area contributed by atoms with E-state index in [1.54, 1.807) is 6.92 Å². The van der Waals surface area contributed by atoms with Crippen LogP contribution < -0.4 is 5.32 Å². The van der Waals surface area contributed by atoms with Gasteiger partial charge in [0, 0.05) is 13.0 Å². The van der Waals surface area contributed by atoms with Crippen LogP contribution >= 0.6 is 0 Å². The molecule has 2 aliphatic carbocycles. The third-order valence-electron chi connectivity index (χ3n) is 4.05. The molecule has 2 aliphatic rings. The van der Waals surface area contributed by atoms with E-state index in [9.17, 15) is 4.79 Å². The second-order valence-corrected chi connectivity index (χ2v) is 5.12. The Kier molecular flexibility index (Phi) is 2.23. The molecular formula is C14H17NO. The van der Waals surface area contributed by atoms with Gasteiger partial charge in [0.15, 0.2) is 0 Å². The van der Waals surface area contributed by atoms with Crippen LogP contribution in [0.3, 0.4) is 0 Å². The quantitative estimate of drug-likeness (QED) is 0.806. The van der Waals surface area contributed by atoms with Gasteiger partial charge in [0.2, 0.25) is 5.91 Å². The first-order chi connectivity index (χ1) is 7.75. The first kappa shape index (κ1) is 9.88. The Labute approximate surface area is 96.1 Å². The fraction of sp³-hybridized carbons (Fsp3) is 0.500. The van der Waals surface area contributed by atoms with Crippen LogP contribution in [0.15, 0.2) is 30.3 Å². The van der Waals surface area contributed by atoms with E-state index in [0.717, 1.165) is 18.3 Å². The number of amides is 1. The van der Waals surface area contributed by atoms with Crippen molar-refractivity contribution in [2.45, 2.75) is 31.7 Å². The zero-order valence-corrected chi connectivity index (χ0v) is 9.52. The molecule has 1 aromatic rings. The molecule has 0 spiro atoms. The SMILES string of the molecule is CC(=O)N[C@@H]1C[C@H](c2ccccc2)[C@@H]2C[C@@H]21. The Morgan fingerprint density at radius 1 is 1.19 bits per heavy atom. The van der Waals surface area contributed by atoms with Crippen LogP contribution in [0.1, 0.15) is 31.2 Å². The highest BCUT2D eigenvalue weighted by Gasteiger charge is 2.54. The first-order valence-electron chi connectivity index (χ1n) is 6.08. The second-order valence-electron chi connectivity index (χ2n) is 5.12. The molecule has 0 aliphatic heterocycles. The van der Waals surface area contributed by atoms with Gasteiger partial charge < -0.3 is 5.32 Å². The predicted molar refractivity (Wildman–Crippen MR) is 63.0 cm³/mol. The molecule has 3 rings (SSSR count).